The summed E-state index contributed by atoms with van der Waals surface area (Å²) >= 11 is 0. The molecule has 0 unspecified atom stereocenters. The number of rotatable bonds is 13. The molecule has 1 aliphatic heterocycles. The van der Waals surface area contributed by atoms with Gasteiger partial charge in [-0.3, -0.25) is 13.9 Å². The van der Waals surface area contributed by atoms with E-state index in [2.05, 4.69) is 36.1 Å². The van der Waals surface area contributed by atoms with Crippen molar-refractivity contribution in [2.45, 2.75) is 32.7 Å². The fraction of sp³-hybridized carbons (Fsp3) is 0.520. The molecule has 1 aliphatic rings. The van der Waals surface area contributed by atoms with E-state index in [1.165, 1.54) is 0 Å². The molecule has 37 heavy (non-hydrogen) atoms. The van der Waals surface area contributed by atoms with Crippen molar-refractivity contribution in [3.63, 3.8) is 0 Å². The molecule has 0 radical (unpaired) electrons. The van der Waals surface area contributed by atoms with Gasteiger partial charge in [0.1, 0.15) is 11.6 Å². The topological polar surface area (TPSA) is 154 Å². The average molecular weight is 531 g/mol. The molecular weight excluding hydrogens is 492 g/mol. The molecule has 3 rings (SSSR count). The summed E-state index contributed by atoms with van der Waals surface area (Å²) in [6.45, 7) is 6.47. The number of aryl methyl sites for hydroxylation is 1. The summed E-state index contributed by atoms with van der Waals surface area (Å²) < 4.78 is 11.5. The molecule has 0 atom stereocenters. The zero-order chi connectivity index (χ0) is 26.5. The summed E-state index contributed by atoms with van der Waals surface area (Å²) in [6.07, 6.45) is 4.05. The van der Waals surface area contributed by atoms with E-state index >= 15 is 0 Å². The summed E-state index contributed by atoms with van der Waals surface area (Å²) in [7, 11) is -0.699. The molecule has 202 valence electrons. The van der Waals surface area contributed by atoms with E-state index in [1.54, 1.807) is 12.3 Å². The van der Waals surface area contributed by atoms with E-state index in [0.717, 1.165) is 50.2 Å². The number of amides is 3. The van der Waals surface area contributed by atoms with E-state index in [0.29, 0.717) is 54.9 Å². The number of carbonyl (C=O) groups excluding carboxylic acids is 2. The minimum absolute atomic E-state index is 0.152. The van der Waals surface area contributed by atoms with Gasteiger partial charge in [-0.05, 0) is 49.9 Å². The Morgan fingerprint density at radius 3 is 2.59 bits per heavy atom. The first-order chi connectivity index (χ1) is 17.9. The quantitative estimate of drug-likeness (QED) is 0.241. The number of pyridine rings is 2. The number of aromatic nitrogens is 2. The lowest BCUT2D eigenvalue weighted by Gasteiger charge is -2.26. The third-order valence-corrected chi connectivity index (χ3v) is 7.25. The maximum Gasteiger partial charge on any atom is 0.315 e. The smallest absolute Gasteiger partial charge is 0.315 e. The monoisotopic (exact) mass is 530 g/mol. The lowest BCUT2D eigenvalue weighted by atomic mass is 10.1. The molecule has 0 bridgehead atoms. The zero-order valence-electron chi connectivity index (χ0n) is 21.4. The van der Waals surface area contributed by atoms with Gasteiger partial charge < -0.3 is 27.0 Å². The molecule has 6 N–H and O–H groups in total. The molecule has 3 amide bonds. The van der Waals surface area contributed by atoms with Crippen molar-refractivity contribution in [3.05, 3.63) is 47.3 Å². The number of carbonyl (C=O) groups is 2. The predicted molar refractivity (Wildman–Crippen MR) is 147 cm³/mol. The molecule has 2 aromatic rings. The van der Waals surface area contributed by atoms with Gasteiger partial charge in [0, 0.05) is 80.0 Å². The second-order valence-electron chi connectivity index (χ2n) is 8.83. The third-order valence-electron chi connectivity index (χ3n) is 5.97. The zero-order valence-corrected chi connectivity index (χ0v) is 22.2. The number of anilines is 2. The van der Waals surface area contributed by atoms with Gasteiger partial charge >= 0.3 is 6.03 Å². The minimum Gasteiger partial charge on any atom is -0.384 e. The number of hydrogen-bond donors (Lipinski definition) is 5. The fourth-order valence-corrected chi connectivity index (χ4v) is 4.99. The van der Waals surface area contributed by atoms with E-state index in [4.69, 9.17) is 5.73 Å². The highest BCUT2D eigenvalue weighted by Gasteiger charge is 2.16. The Morgan fingerprint density at radius 1 is 1.05 bits per heavy atom. The van der Waals surface area contributed by atoms with Gasteiger partial charge in [0.05, 0.1) is 5.56 Å². The highest BCUT2D eigenvalue weighted by Crippen LogP contribution is 2.15. The first-order valence-electron chi connectivity index (χ1n) is 12.8. The van der Waals surface area contributed by atoms with Crippen LogP contribution in [0.1, 0.15) is 41.4 Å². The van der Waals surface area contributed by atoms with Crippen molar-refractivity contribution >= 4 is 34.4 Å². The largest absolute Gasteiger partial charge is 0.384 e. The van der Waals surface area contributed by atoms with Gasteiger partial charge in [-0.15, -0.1) is 0 Å². The number of nitrogens with one attached hydrogen (secondary N) is 4. The van der Waals surface area contributed by atoms with Crippen molar-refractivity contribution in [1.29, 1.82) is 0 Å². The second kappa shape index (κ2) is 15.1. The molecule has 0 spiro atoms. The molecule has 1 saturated heterocycles. The van der Waals surface area contributed by atoms with Gasteiger partial charge in [-0.25, -0.2) is 14.8 Å². The molecule has 0 aromatic carbocycles. The molecule has 0 saturated carbocycles. The lowest BCUT2D eigenvalue weighted by molar-refractivity contribution is 0.0949. The molecule has 2 aromatic heterocycles. The Balaban J connectivity index is 1.36. The van der Waals surface area contributed by atoms with Crippen LogP contribution in [0.15, 0.2) is 30.5 Å². The highest BCUT2D eigenvalue weighted by molar-refractivity contribution is 7.85. The van der Waals surface area contributed by atoms with Crippen molar-refractivity contribution in [3.8, 4) is 0 Å². The lowest BCUT2D eigenvalue weighted by Crippen LogP contribution is -2.42. The van der Waals surface area contributed by atoms with Crippen molar-refractivity contribution in [2.75, 3.05) is 61.8 Å². The van der Waals surface area contributed by atoms with Crippen LogP contribution >= 0.6 is 0 Å². The van der Waals surface area contributed by atoms with Crippen LogP contribution in [0, 0.1) is 0 Å². The van der Waals surface area contributed by atoms with Gasteiger partial charge in [-0.2, -0.15) is 0 Å². The van der Waals surface area contributed by atoms with E-state index in [1.807, 2.05) is 25.1 Å². The van der Waals surface area contributed by atoms with Crippen molar-refractivity contribution in [1.82, 2.24) is 30.8 Å². The molecular formula is C25H38N8O3S. The average Bonchev–Trinajstić information content (AvgIpc) is 2.89. The summed E-state index contributed by atoms with van der Waals surface area (Å²) in [5, 5.41) is 11.8. The fourth-order valence-electron chi connectivity index (χ4n) is 3.86. The number of urea groups is 1. The van der Waals surface area contributed by atoms with Crippen LogP contribution in [0.3, 0.4) is 0 Å². The number of nitrogen functional groups attached to an aromatic ring is 1. The van der Waals surface area contributed by atoms with Crippen LogP contribution in [0.25, 0.3) is 0 Å². The summed E-state index contributed by atoms with van der Waals surface area (Å²) in [5.41, 5.74) is 7.87. The summed E-state index contributed by atoms with van der Waals surface area (Å²) in [6, 6.07) is 7.00. The number of nitrogens with zero attached hydrogens (tertiary/aromatic N) is 3. The van der Waals surface area contributed by atoms with Crippen molar-refractivity contribution in [2.24, 2.45) is 0 Å². The molecule has 11 nitrogen and oxygen atoms in total. The van der Waals surface area contributed by atoms with Crippen molar-refractivity contribution < 1.29 is 13.8 Å². The SMILES string of the molecule is CCNc1nc(CCCCNC(=O)NCc2ccc(N)nc2)ccc1C(=O)NCCN1CCS(=O)CC1. The second-order valence-corrected chi connectivity index (χ2v) is 10.5. The highest BCUT2D eigenvalue weighted by atomic mass is 32.2. The van der Waals surface area contributed by atoms with Gasteiger partial charge in [0.15, 0.2) is 0 Å². The number of hydrogen-bond acceptors (Lipinski definition) is 8. The Labute approximate surface area is 220 Å². The number of unbranched alkanes of at least 4 members (excludes halogenated alkanes) is 1. The van der Waals surface area contributed by atoms with Crippen LogP contribution in [-0.2, 0) is 23.8 Å². The third kappa shape index (κ3) is 9.96. The summed E-state index contributed by atoms with van der Waals surface area (Å²) in [4.78, 5) is 35.6. The Morgan fingerprint density at radius 2 is 1.86 bits per heavy atom. The Bertz CT molecular complexity index is 1040. The summed E-state index contributed by atoms with van der Waals surface area (Å²) in [5.74, 6) is 2.29. The maximum atomic E-state index is 12.8. The standard InChI is InChI=1S/C25H38N8O3S/c1-2-27-23-21(24(34)28-11-12-33-13-15-37(36)16-14-33)8-7-20(32-23)5-3-4-10-29-25(35)31-18-19-6-9-22(26)30-17-19/h6-9,17H,2-5,10-16,18H2,1H3,(H2,26,30)(H,27,32)(H,28,34)(H2,29,31,35). The first kappa shape index (κ1) is 28.3. The predicted octanol–water partition coefficient (Wildman–Crippen LogP) is 1.11. The van der Waals surface area contributed by atoms with Gasteiger partial charge in [0.2, 0.25) is 0 Å². The van der Waals surface area contributed by atoms with Crippen LogP contribution < -0.4 is 27.0 Å². The normalized spacial score (nSPS) is 14.2. The van der Waals surface area contributed by atoms with Crippen LogP contribution in [-0.4, -0.2) is 81.8 Å². The Kier molecular flexibility index (Phi) is 11.6. The van der Waals surface area contributed by atoms with Crippen LogP contribution in [0.4, 0.5) is 16.4 Å². The minimum atomic E-state index is -0.699. The molecule has 3 heterocycles. The Hall–Kier alpha value is -3.25. The van der Waals surface area contributed by atoms with Gasteiger partial charge in [-0.1, -0.05) is 6.07 Å². The maximum absolute atomic E-state index is 12.8. The first-order valence-corrected chi connectivity index (χ1v) is 14.2. The van der Waals surface area contributed by atoms with Crippen LogP contribution in [0.2, 0.25) is 0 Å². The molecule has 0 aliphatic carbocycles. The van der Waals surface area contributed by atoms with E-state index in [9.17, 15) is 13.8 Å². The molecule has 1 fully saturated rings. The van der Waals surface area contributed by atoms with E-state index < -0.39 is 10.8 Å². The van der Waals surface area contributed by atoms with E-state index in [-0.39, 0.29) is 11.9 Å². The van der Waals surface area contributed by atoms with Crippen LogP contribution in [0.5, 0.6) is 0 Å². The van der Waals surface area contributed by atoms with Gasteiger partial charge in [0.25, 0.3) is 5.91 Å². The molecule has 12 heteroatoms. The number of nitrogens with two attached hydrogens (primary N) is 1.